The second kappa shape index (κ2) is 5.46. The average molecular weight is 316 g/mol. The maximum absolute atomic E-state index is 12.7. The quantitative estimate of drug-likeness (QED) is 0.917. The van der Waals surface area contributed by atoms with E-state index in [0.29, 0.717) is 10.6 Å². The van der Waals surface area contributed by atoms with Crippen LogP contribution in [0.25, 0.3) is 10.2 Å². The van der Waals surface area contributed by atoms with Crippen LogP contribution in [0, 0.1) is 0 Å². The lowest BCUT2D eigenvalue weighted by Gasteiger charge is -2.11. The van der Waals surface area contributed by atoms with Crippen LogP contribution in [0.1, 0.15) is 24.8 Å². The fourth-order valence-electron chi connectivity index (χ4n) is 2.63. The predicted molar refractivity (Wildman–Crippen MR) is 76.7 cm³/mol. The molecule has 0 radical (unpaired) electrons. The van der Waals surface area contributed by atoms with E-state index >= 15 is 0 Å². The third-order valence-corrected chi connectivity index (χ3v) is 4.73. The van der Waals surface area contributed by atoms with Crippen LogP contribution < -0.4 is 5.32 Å². The first-order valence-electron chi connectivity index (χ1n) is 6.73. The largest absolute Gasteiger partial charge is 0.416 e. The smallest absolute Gasteiger partial charge is 0.381 e. The number of nitrogens with one attached hydrogen (secondary N) is 1. The van der Waals surface area contributed by atoms with Crippen LogP contribution in [-0.4, -0.2) is 24.2 Å². The number of aromatic nitrogens is 1. The van der Waals surface area contributed by atoms with Gasteiger partial charge in [0.15, 0.2) is 5.13 Å². The van der Waals surface area contributed by atoms with Crippen molar-refractivity contribution >= 4 is 26.7 Å². The van der Waals surface area contributed by atoms with Crippen LogP contribution in [-0.2, 0) is 10.9 Å². The summed E-state index contributed by atoms with van der Waals surface area (Å²) < 4.78 is 44.1. The van der Waals surface area contributed by atoms with Gasteiger partial charge in [0.2, 0.25) is 0 Å². The second-order valence-electron chi connectivity index (χ2n) is 5.21. The zero-order valence-corrected chi connectivity index (χ0v) is 12.2. The number of anilines is 1. The molecule has 1 saturated carbocycles. The topological polar surface area (TPSA) is 34.1 Å². The Balaban J connectivity index is 1.78. The number of benzene rings is 1. The van der Waals surface area contributed by atoms with E-state index in [-0.39, 0.29) is 12.1 Å². The molecule has 21 heavy (non-hydrogen) atoms. The van der Waals surface area contributed by atoms with Gasteiger partial charge in [0.1, 0.15) is 0 Å². The second-order valence-corrected chi connectivity index (χ2v) is 6.24. The van der Waals surface area contributed by atoms with E-state index in [4.69, 9.17) is 4.74 Å². The first-order chi connectivity index (χ1) is 9.95. The van der Waals surface area contributed by atoms with Crippen LogP contribution in [0.15, 0.2) is 18.2 Å². The molecule has 2 unspecified atom stereocenters. The van der Waals surface area contributed by atoms with E-state index in [9.17, 15) is 13.2 Å². The molecule has 1 aliphatic carbocycles. The number of nitrogens with zero attached hydrogens (tertiary/aromatic N) is 1. The molecule has 114 valence electrons. The third-order valence-electron chi connectivity index (χ3n) is 3.76. The number of halogens is 3. The van der Waals surface area contributed by atoms with E-state index < -0.39 is 11.7 Å². The maximum atomic E-state index is 12.7. The number of rotatable bonds is 3. The number of fused-ring (bicyclic) bond motifs is 1. The van der Waals surface area contributed by atoms with Gasteiger partial charge in [-0.05, 0) is 37.5 Å². The van der Waals surface area contributed by atoms with Gasteiger partial charge >= 0.3 is 6.18 Å². The Bertz CT molecular complexity index is 641. The molecule has 0 aliphatic heterocycles. The molecule has 0 bridgehead atoms. The van der Waals surface area contributed by atoms with Crippen molar-refractivity contribution in [2.45, 2.75) is 37.6 Å². The zero-order valence-electron chi connectivity index (χ0n) is 11.4. The van der Waals surface area contributed by atoms with Crippen molar-refractivity contribution < 1.29 is 17.9 Å². The van der Waals surface area contributed by atoms with Crippen molar-refractivity contribution in [3.8, 4) is 0 Å². The third kappa shape index (κ3) is 3.13. The minimum Gasteiger partial charge on any atom is -0.381 e. The first-order valence-corrected chi connectivity index (χ1v) is 7.54. The Labute approximate surface area is 124 Å². The summed E-state index contributed by atoms with van der Waals surface area (Å²) in [5, 5.41) is 3.97. The summed E-state index contributed by atoms with van der Waals surface area (Å²) in [6.07, 6.45) is -1.18. The van der Waals surface area contributed by atoms with Crippen LogP contribution >= 0.6 is 11.3 Å². The van der Waals surface area contributed by atoms with Crippen molar-refractivity contribution in [3.05, 3.63) is 23.8 Å². The van der Waals surface area contributed by atoms with Crippen LogP contribution in [0.3, 0.4) is 0 Å². The van der Waals surface area contributed by atoms with Gasteiger partial charge in [0.05, 0.1) is 21.9 Å². The Morgan fingerprint density at radius 2 is 2.14 bits per heavy atom. The number of hydrogen-bond acceptors (Lipinski definition) is 4. The molecule has 7 heteroatoms. The van der Waals surface area contributed by atoms with Crippen LogP contribution in [0.2, 0.25) is 0 Å². The lowest BCUT2D eigenvalue weighted by molar-refractivity contribution is -0.137. The highest BCUT2D eigenvalue weighted by molar-refractivity contribution is 7.22. The predicted octanol–water partition coefficient (Wildman–Crippen LogP) is 4.29. The van der Waals surface area contributed by atoms with Gasteiger partial charge in [-0.15, -0.1) is 0 Å². The summed E-state index contributed by atoms with van der Waals surface area (Å²) in [4.78, 5) is 4.27. The van der Waals surface area contributed by atoms with Crippen molar-refractivity contribution in [1.82, 2.24) is 4.98 Å². The number of ether oxygens (including phenoxy) is 1. The molecule has 1 N–H and O–H groups in total. The summed E-state index contributed by atoms with van der Waals surface area (Å²) in [7, 11) is 1.70. The number of methoxy groups -OCH3 is 1. The molecule has 1 aromatic carbocycles. The standard InChI is InChI=1S/C14H15F3N2OS/c1-20-10-4-3-9(7-10)18-13-19-11-6-8(14(15,16)17)2-5-12(11)21-13/h2,5-6,9-10H,3-4,7H2,1H3,(H,18,19). The highest BCUT2D eigenvalue weighted by Crippen LogP contribution is 2.35. The first kappa shape index (κ1) is 14.6. The van der Waals surface area contributed by atoms with E-state index in [1.54, 1.807) is 7.11 Å². The number of alkyl halides is 3. The van der Waals surface area contributed by atoms with Gasteiger partial charge in [-0.1, -0.05) is 11.3 Å². The number of hydrogen-bond donors (Lipinski definition) is 1. The van der Waals surface area contributed by atoms with E-state index in [1.165, 1.54) is 17.4 Å². The molecule has 1 aromatic heterocycles. The van der Waals surface area contributed by atoms with Gasteiger partial charge in [0, 0.05) is 13.2 Å². The van der Waals surface area contributed by atoms with Gasteiger partial charge in [-0.25, -0.2) is 4.98 Å². The summed E-state index contributed by atoms with van der Waals surface area (Å²) in [6.45, 7) is 0. The summed E-state index contributed by atoms with van der Waals surface area (Å²) in [5.41, 5.74) is -0.272. The fraction of sp³-hybridized carbons (Fsp3) is 0.500. The van der Waals surface area contributed by atoms with Crippen molar-refractivity contribution in [2.24, 2.45) is 0 Å². The SMILES string of the molecule is COC1CCC(Nc2nc3cc(C(F)(F)F)ccc3s2)C1. The summed E-state index contributed by atoms with van der Waals surface area (Å²) in [6, 6.07) is 3.95. The van der Waals surface area contributed by atoms with E-state index in [0.717, 1.165) is 36.1 Å². The van der Waals surface area contributed by atoms with Gasteiger partial charge in [0.25, 0.3) is 0 Å². The van der Waals surface area contributed by atoms with Gasteiger partial charge in [-0.2, -0.15) is 13.2 Å². The monoisotopic (exact) mass is 316 g/mol. The molecule has 2 atom stereocenters. The molecule has 0 spiro atoms. The van der Waals surface area contributed by atoms with Crippen LogP contribution in [0.4, 0.5) is 18.3 Å². The van der Waals surface area contributed by atoms with E-state index in [1.807, 2.05) is 0 Å². The zero-order chi connectivity index (χ0) is 15.0. The molecular weight excluding hydrogens is 301 g/mol. The summed E-state index contributed by atoms with van der Waals surface area (Å²) >= 11 is 1.38. The highest BCUT2D eigenvalue weighted by Gasteiger charge is 2.31. The lowest BCUT2D eigenvalue weighted by Crippen LogP contribution is -2.16. The fourth-order valence-corrected chi connectivity index (χ4v) is 3.55. The molecule has 1 fully saturated rings. The van der Waals surface area contributed by atoms with Crippen LogP contribution in [0.5, 0.6) is 0 Å². The Hall–Kier alpha value is -1.34. The minimum atomic E-state index is -4.33. The van der Waals surface area contributed by atoms with Crippen molar-refractivity contribution in [2.75, 3.05) is 12.4 Å². The lowest BCUT2D eigenvalue weighted by atomic mass is 10.2. The normalized spacial score (nSPS) is 22.9. The Kier molecular flexibility index (Phi) is 3.79. The highest BCUT2D eigenvalue weighted by atomic mass is 32.1. The Morgan fingerprint density at radius 3 is 2.81 bits per heavy atom. The van der Waals surface area contributed by atoms with E-state index in [2.05, 4.69) is 10.3 Å². The Morgan fingerprint density at radius 1 is 1.33 bits per heavy atom. The molecule has 2 aromatic rings. The molecule has 0 amide bonds. The molecule has 1 heterocycles. The van der Waals surface area contributed by atoms with Crippen molar-refractivity contribution in [1.29, 1.82) is 0 Å². The number of thiazole rings is 1. The molecule has 3 nitrogen and oxygen atoms in total. The van der Waals surface area contributed by atoms with Gasteiger partial charge < -0.3 is 10.1 Å². The molecule has 0 saturated heterocycles. The van der Waals surface area contributed by atoms with Gasteiger partial charge in [-0.3, -0.25) is 0 Å². The van der Waals surface area contributed by atoms with Crippen molar-refractivity contribution in [3.63, 3.8) is 0 Å². The molecular formula is C14H15F3N2OS. The molecule has 3 rings (SSSR count). The molecule has 1 aliphatic rings. The minimum absolute atomic E-state index is 0.258. The summed E-state index contributed by atoms with van der Waals surface area (Å²) in [5.74, 6) is 0. The maximum Gasteiger partial charge on any atom is 0.416 e. The average Bonchev–Trinajstić information content (AvgIpc) is 3.02.